The normalized spacial score (nSPS) is 16.0. The maximum atomic E-state index is 13.2. The summed E-state index contributed by atoms with van der Waals surface area (Å²) in [6, 6.07) is 19.5. The van der Waals surface area contributed by atoms with E-state index in [0.717, 1.165) is 25.2 Å². The molecule has 1 amide bonds. The average Bonchev–Trinajstić information content (AvgIpc) is 3.30. The molecule has 1 aliphatic rings. The lowest BCUT2D eigenvalue weighted by Gasteiger charge is -2.35. The number of amides is 1. The molecule has 0 bridgehead atoms. The molecule has 4 aromatic rings. The molecule has 3 aromatic carbocycles. The Morgan fingerprint density at radius 3 is 2.66 bits per heavy atom. The van der Waals surface area contributed by atoms with Crippen LogP contribution in [-0.2, 0) is 24.5 Å². The number of alkyl halides is 3. The van der Waals surface area contributed by atoms with Gasteiger partial charge in [-0.15, -0.1) is 0 Å². The minimum Gasteiger partial charge on any atom is -0.491 e. The molecule has 2 heterocycles. The molecule has 1 aliphatic heterocycles. The highest BCUT2D eigenvalue weighted by Gasteiger charge is 2.31. The zero-order valence-electron chi connectivity index (χ0n) is 22.2. The second-order valence-electron chi connectivity index (χ2n) is 9.70. The number of nitrogens with one attached hydrogen (secondary N) is 1. The third-order valence-electron chi connectivity index (χ3n) is 6.85. The van der Waals surface area contributed by atoms with Gasteiger partial charge >= 0.3 is 6.18 Å². The summed E-state index contributed by atoms with van der Waals surface area (Å²) in [5, 5.41) is 7.28. The lowest BCUT2D eigenvalue weighted by atomic mass is 10.1. The molecule has 7 nitrogen and oxygen atoms in total. The van der Waals surface area contributed by atoms with Crippen molar-refractivity contribution in [1.29, 1.82) is 0 Å². The van der Waals surface area contributed by atoms with E-state index in [0.29, 0.717) is 47.5 Å². The fourth-order valence-corrected chi connectivity index (χ4v) is 4.99. The molecule has 1 aromatic heterocycles. The van der Waals surface area contributed by atoms with Crippen molar-refractivity contribution in [3.05, 3.63) is 101 Å². The summed E-state index contributed by atoms with van der Waals surface area (Å²) in [4.78, 5) is 15.2. The predicted molar refractivity (Wildman–Crippen MR) is 150 cm³/mol. The van der Waals surface area contributed by atoms with Crippen LogP contribution >= 0.6 is 11.6 Å². The van der Waals surface area contributed by atoms with Gasteiger partial charge < -0.3 is 14.8 Å². The maximum Gasteiger partial charge on any atom is 0.416 e. The Morgan fingerprint density at radius 2 is 1.93 bits per heavy atom. The Kier molecular flexibility index (Phi) is 8.63. The van der Waals surface area contributed by atoms with Gasteiger partial charge in [0, 0.05) is 37.0 Å². The first-order valence-electron chi connectivity index (χ1n) is 13.0. The number of ether oxygens (including phenoxy) is 2. The lowest BCUT2D eigenvalue weighted by molar-refractivity contribution is -0.137. The molecular formula is C30H28ClF3N4O3. The van der Waals surface area contributed by atoms with Crippen LogP contribution in [0.5, 0.6) is 5.75 Å². The van der Waals surface area contributed by atoms with Crippen LogP contribution in [0.15, 0.2) is 79.0 Å². The number of nitrogens with zero attached hydrogens (tertiary/aromatic N) is 3. The third-order valence-corrected chi connectivity index (χ3v) is 7.12. The van der Waals surface area contributed by atoms with Crippen LogP contribution in [0.3, 0.4) is 0 Å². The average molecular weight is 585 g/mol. The second-order valence-corrected chi connectivity index (χ2v) is 10.1. The van der Waals surface area contributed by atoms with E-state index in [9.17, 15) is 18.0 Å². The van der Waals surface area contributed by atoms with Crippen molar-refractivity contribution >= 4 is 23.2 Å². The van der Waals surface area contributed by atoms with E-state index in [1.54, 1.807) is 29.9 Å². The number of halogens is 4. The Bertz CT molecular complexity index is 1490. The highest BCUT2D eigenvalue weighted by Crippen LogP contribution is 2.37. The van der Waals surface area contributed by atoms with Crippen LogP contribution in [0, 0.1) is 0 Å². The standard InChI is InChI=1S/C30H28ClF3N4O3/c1-37-28(26(31)16-35-37)25-15-23(36-29(39)21-8-5-9-22(14-21)30(32,33)34)10-11-27(25)41-19-24-18-40-13-12-38(24)17-20-6-3-2-4-7-20/h2-11,14-16,24H,12-13,17-19H2,1H3,(H,36,39)/t24-/m0/s1. The van der Waals surface area contributed by atoms with E-state index in [2.05, 4.69) is 27.4 Å². The molecule has 0 aliphatic carbocycles. The van der Waals surface area contributed by atoms with Crippen molar-refractivity contribution in [3.63, 3.8) is 0 Å². The highest BCUT2D eigenvalue weighted by atomic mass is 35.5. The molecule has 11 heteroatoms. The van der Waals surface area contributed by atoms with E-state index in [4.69, 9.17) is 21.1 Å². The fourth-order valence-electron chi connectivity index (χ4n) is 4.73. The van der Waals surface area contributed by atoms with E-state index >= 15 is 0 Å². The number of rotatable bonds is 8. The van der Waals surface area contributed by atoms with Gasteiger partial charge in [0.25, 0.3) is 5.91 Å². The van der Waals surface area contributed by atoms with E-state index in [1.165, 1.54) is 23.9 Å². The van der Waals surface area contributed by atoms with Gasteiger partial charge in [0.2, 0.25) is 0 Å². The van der Waals surface area contributed by atoms with E-state index in [-0.39, 0.29) is 11.6 Å². The number of benzene rings is 3. The number of carbonyl (C=O) groups excluding carboxylic acids is 1. The summed E-state index contributed by atoms with van der Waals surface area (Å²) >= 11 is 6.47. The first kappa shape index (κ1) is 28.7. The van der Waals surface area contributed by atoms with E-state index in [1.807, 2.05) is 18.2 Å². The molecular weight excluding hydrogens is 557 g/mol. The summed E-state index contributed by atoms with van der Waals surface area (Å²) in [6.07, 6.45) is -3.05. The zero-order chi connectivity index (χ0) is 29.0. The Labute approximate surface area is 240 Å². The van der Waals surface area contributed by atoms with Crippen LogP contribution in [-0.4, -0.2) is 53.0 Å². The van der Waals surface area contributed by atoms with Crippen LogP contribution in [0.2, 0.25) is 5.02 Å². The van der Waals surface area contributed by atoms with Gasteiger partial charge in [-0.05, 0) is 42.0 Å². The van der Waals surface area contributed by atoms with Gasteiger partial charge in [0.1, 0.15) is 12.4 Å². The Hall–Kier alpha value is -3.86. The minimum absolute atomic E-state index is 0.000830. The van der Waals surface area contributed by atoms with Gasteiger partial charge in [-0.1, -0.05) is 48.0 Å². The second kappa shape index (κ2) is 12.3. The molecule has 0 radical (unpaired) electrons. The number of morpholine rings is 1. The summed E-state index contributed by atoms with van der Waals surface area (Å²) in [5.74, 6) is -0.166. The smallest absolute Gasteiger partial charge is 0.416 e. The summed E-state index contributed by atoms with van der Waals surface area (Å²) < 4.78 is 53.1. The van der Waals surface area contributed by atoms with Crippen LogP contribution < -0.4 is 10.1 Å². The van der Waals surface area contributed by atoms with Crippen LogP contribution in [0.25, 0.3) is 11.3 Å². The van der Waals surface area contributed by atoms with Crippen molar-refractivity contribution in [2.45, 2.75) is 18.8 Å². The van der Waals surface area contributed by atoms with E-state index < -0.39 is 17.6 Å². The molecule has 1 saturated heterocycles. The number of hydrogen-bond acceptors (Lipinski definition) is 5. The molecule has 0 spiro atoms. The first-order valence-corrected chi connectivity index (χ1v) is 13.4. The maximum absolute atomic E-state index is 13.2. The molecule has 41 heavy (non-hydrogen) atoms. The number of aryl methyl sites for hydroxylation is 1. The summed E-state index contributed by atoms with van der Waals surface area (Å²) in [5.41, 5.74) is 1.68. The van der Waals surface area contributed by atoms with Crippen molar-refractivity contribution in [2.75, 3.05) is 31.7 Å². The van der Waals surface area contributed by atoms with Crippen LogP contribution in [0.4, 0.5) is 18.9 Å². The van der Waals surface area contributed by atoms with Crippen molar-refractivity contribution < 1.29 is 27.4 Å². The Balaban J connectivity index is 1.38. The van der Waals surface area contributed by atoms with Crippen molar-refractivity contribution in [2.24, 2.45) is 7.05 Å². The number of aromatic nitrogens is 2. The van der Waals surface area contributed by atoms with Crippen molar-refractivity contribution in [1.82, 2.24) is 14.7 Å². The summed E-state index contributed by atoms with van der Waals surface area (Å²) in [7, 11) is 1.73. The van der Waals surface area contributed by atoms with Crippen LogP contribution in [0.1, 0.15) is 21.5 Å². The molecule has 0 saturated carbocycles. The monoisotopic (exact) mass is 584 g/mol. The first-order chi connectivity index (χ1) is 19.7. The largest absolute Gasteiger partial charge is 0.491 e. The van der Waals surface area contributed by atoms with Gasteiger partial charge in [-0.2, -0.15) is 18.3 Å². The highest BCUT2D eigenvalue weighted by molar-refractivity contribution is 6.33. The molecule has 1 atom stereocenters. The fraction of sp³-hybridized carbons (Fsp3) is 0.267. The van der Waals surface area contributed by atoms with Gasteiger partial charge in [0.15, 0.2) is 0 Å². The van der Waals surface area contributed by atoms with Gasteiger partial charge in [-0.3, -0.25) is 14.4 Å². The molecule has 0 unspecified atom stereocenters. The third kappa shape index (κ3) is 6.90. The number of anilines is 1. The number of carbonyl (C=O) groups is 1. The molecule has 214 valence electrons. The predicted octanol–water partition coefficient (Wildman–Crippen LogP) is 6.29. The SMILES string of the molecule is Cn1ncc(Cl)c1-c1cc(NC(=O)c2cccc(C(F)(F)F)c2)ccc1OC[C@@H]1COCCN1Cc1ccccc1. The molecule has 1 fully saturated rings. The van der Waals surface area contributed by atoms with Gasteiger partial charge in [0.05, 0.1) is 41.7 Å². The Morgan fingerprint density at radius 1 is 1.12 bits per heavy atom. The minimum atomic E-state index is -4.56. The quantitative estimate of drug-likeness (QED) is 0.264. The van der Waals surface area contributed by atoms with Crippen molar-refractivity contribution in [3.8, 4) is 17.0 Å². The zero-order valence-corrected chi connectivity index (χ0v) is 23.0. The molecule has 5 rings (SSSR count). The number of hydrogen-bond donors (Lipinski definition) is 1. The molecule has 1 N–H and O–H groups in total. The topological polar surface area (TPSA) is 68.6 Å². The summed E-state index contributed by atoms with van der Waals surface area (Å²) in [6.45, 7) is 3.02. The lowest BCUT2D eigenvalue weighted by Crippen LogP contribution is -2.48. The van der Waals surface area contributed by atoms with Gasteiger partial charge in [-0.25, -0.2) is 0 Å².